The van der Waals surface area contributed by atoms with Gasteiger partial charge in [-0.1, -0.05) is 17.7 Å². The van der Waals surface area contributed by atoms with E-state index >= 15 is 0 Å². The molecule has 2 heterocycles. The minimum absolute atomic E-state index is 0.147. The molecule has 108 valence electrons. The third kappa shape index (κ3) is 5.31. The Hall–Kier alpha value is -2.02. The van der Waals surface area contributed by atoms with Gasteiger partial charge in [-0.05, 0) is 18.2 Å². The van der Waals surface area contributed by atoms with Gasteiger partial charge in [0.25, 0.3) is 0 Å². The van der Waals surface area contributed by atoms with Crippen LogP contribution in [0.2, 0.25) is 5.02 Å². The molecule has 0 saturated carbocycles. The van der Waals surface area contributed by atoms with Crippen LogP contribution in [0.25, 0.3) is 0 Å². The number of carbonyl (C=O) groups is 1. The molecule has 2 rings (SSSR count). The van der Waals surface area contributed by atoms with Crippen LogP contribution in [0, 0.1) is 0 Å². The number of rotatable bonds is 1. The maximum atomic E-state index is 12.1. The van der Waals surface area contributed by atoms with E-state index in [1.807, 2.05) is 23.2 Å². The van der Waals surface area contributed by atoms with Crippen LogP contribution in [0.3, 0.4) is 0 Å². The van der Waals surface area contributed by atoms with E-state index in [1.165, 1.54) is 6.92 Å². The summed E-state index contributed by atoms with van der Waals surface area (Å²) < 4.78 is 36.3. The highest BCUT2D eigenvalue weighted by molar-refractivity contribution is 6.33. The Morgan fingerprint density at radius 1 is 1.30 bits per heavy atom. The molecule has 0 aliphatic rings. The summed E-state index contributed by atoms with van der Waals surface area (Å²) in [6.07, 6.45) is -1.000. The first-order valence-corrected chi connectivity index (χ1v) is 5.77. The number of hydrogen-bond acceptors (Lipinski definition) is 2. The molecule has 0 saturated heterocycles. The number of aromatic nitrogens is 2. The Labute approximate surface area is 118 Å². The van der Waals surface area contributed by atoms with Crippen molar-refractivity contribution in [1.82, 2.24) is 9.97 Å². The average molecular weight is 306 g/mol. The number of aromatic amines is 1. The van der Waals surface area contributed by atoms with E-state index in [-0.39, 0.29) is 10.8 Å². The van der Waals surface area contributed by atoms with E-state index in [0.717, 1.165) is 0 Å². The Balaban J connectivity index is 0.000000276. The van der Waals surface area contributed by atoms with Crippen molar-refractivity contribution in [2.75, 3.05) is 5.32 Å². The van der Waals surface area contributed by atoms with Crippen molar-refractivity contribution in [3.63, 3.8) is 0 Å². The molecule has 0 aliphatic carbocycles. The summed E-state index contributed by atoms with van der Waals surface area (Å²) in [5.41, 5.74) is -0.994. The number of pyridine rings is 1. The highest BCUT2D eigenvalue weighted by atomic mass is 35.5. The van der Waals surface area contributed by atoms with Gasteiger partial charge in [-0.15, -0.1) is 0 Å². The number of nitrogens with one attached hydrogen (secondary N) is 2. The van der Waals surface area contributed by atoms with Crippen molar-refractivity contribution in [3.8, 4) is 0 Å². The lowest BCUT2D eigenvalue weighted by Crippen LogP contribution is -2.08. The monoisotopic (exact) mass is 305 g/mol. The van der Waals surface area contributed by atoms with Crippen molar-refractivity contribution >= 4 is 23.3 Å². The molecule has 0 spiro atoms. The van der Waals surface area contributed by atoms with Crippen LogP contribution in [0.1, 0.15) is 12.6 Å². The molecule has 0 atom stereocenters. The largest absolute Gasteiger partial charge is 0.431 e. The van der Waals surface area contributed by atoms with Gasteiger partial charge in [-0.3, -0.25) is 9.78 Å². The van der Waals surface area contributed by atoms with Crippen LogP contribution in [-0.4, -0.2) is 15.9 Å². The summed E-state index contributed by atoms with van der Waals surface area (Å²) in [5, 5.41) is 1.97. The van der Waals surface area contributed by atoms with Gasteiger partial charge in [0.05, 0.1) is 5.02 Å². The lowest BCUT2D eigenvalue weighted by atomic mass is 10.4. The Kier molecular flexibility index (Phi) is 5.57. The second-order valence-corrected chi connectivity index (χ2v) is 4.02. The van der Waals surface area contributed by atoms with Gasteiger partial charge >= 0.3 is 6.18 Å². The van der Waals surface area contributed by atoms with Gasteiger partial charge in [0, 0.05) is 19.3 Å². The number of carbonyl (C=O) groups excluding carboxylic acids is 1. The molecular weight excluding hydrogens is 295 g/mol. The SMILES string of the molecule is CC(=O)Nc1[nH]c(C(F)(F)F)cc1Cl.c1ccncc1. The molecule has 2 aromatic rings. The summed E-state index contributed by atoms with van der Waals surface area (Å²) in [6.45, 7) is 1.17. The third-order valence-corrected chi connectivity index (χ3v) is 2.24. The van der Waals surface area contributed by atoms with E-state index in [0.29, 0.717) is 6.07 Å². The predicted octanol–water partition coefficient (Wildman–Crippen LogP) is 3.73. The molecule has 8 heteroatoms. The van der Waals surface area contributed by atoms with Crippen molar-refractivity contribution in [2.45, 2.75) is 13.1 Å². The summed E-state index contributed by atoms with van der Waals surface area (Å²) in [7, 11) is 0. The second-order valence-electron chi connectivity index (χ2n) is 3.61. The lowest BCUT2D eigenvalue weighted by molar-refractivity contribution is -0.140. The van der Waals surface area contributed by atoms with E-state index in [1.54, 1.807) is 12.4 Å². The van der Waals surface area contributed by atoms with E-state index in [2.05, 4.69) is 10.3 Å². The minimum atomic E-state index is -4.50. The zero-order valence-corrected chi connectivity index (χ0v) is 11.1. The standard InChI is InChI=1S/C7H6ClF3N2O.C5H5N/c1-3(14)12-6-4(8)2-5(13-6)7(9,10)11;1-2-4-6-5-3-1/h2,13H,1H3,(H,12,14);1-5H. The van der Waals surface area contributed by atoms with Gasteiger partial charge in [0.15, 0.2) is 0 Å². The quantitative estimate of drug-likeness (QED) is 0.843. The van der Waals surface area contributed by atoms with Gasteiger partial charge in [-0.2, -0.15) is 13.2 Å². The molecule has 0 aliphatic heterocycles. The van der Waals surface area contributed by atoms with Gasteiger partial charge in [-0.25, -0.2) is 0 Å². The molecule has 0 aromatic carbocycles. The van der Waals surface area contributed by atoms with E-state index in [9.17, 15) is 18.0 Å². The zero-order valence-electron chi connectivity index (χ0n) is 10.3. The van der Waals surface area contributed by atoms with Gasteiger partial charge < -0.3 is 10.3 Å². The summed E-state index contributed by atoms with van der Waals surface area (Å²) in [4.78, 5) is 16.3. The highest BCUT2D eigenvalue weighted by Crippen LogP contribution is 2.33. The number of anilines is 1. The number of amides is 1. The van der Waals surface area contributed by atoms with Crippen molar-refractivity contribution < 1.29 is 18.0 Å². The first-order chi connectivity index (χ1) is 9.30. The first-order valence-electron chi connectivity index (χ1n) is 5.39. The average Bonchev–Trinajstić information content (AvgIpc) is 2.73. The summed E-state index contributed by atoms with van der Waals surface area (Å²) >= 11 is 5.45. The molecule has 4 nitrogen and oxygen atoms in total. The van der Waals surface area contributed by atoms with Crippen LogP contribution in [0.5, 0.6) is 0 Å². The van der Waals surface area contributed by atoms with Crippen LogP contribution in [-0.2, 0) is 11.0 Å². The molecule has 1 amide bonds. The molecule has 0 unspecified atom stereocenters. The molecule has 2 aromatic heterocycles. The molecule has 0 fully saturated rings. The molecule has 20 heavy (non-hydrogen) atoms. The normalized spacial score (nSPS) is 10.4. The van der Waals surface area contributed by atoms with Crippen LogP contribution in [0.15, 0.2) is 36.7 Å². The van der Waals surface area contributed by atoms with E-state index < -0.39 is 17.8 Å². The van der Waals surface area contributed by atoms with Gasteiger partial charge in [0.2, 0.25) is 5.91 Å². The maximum Gasteiger partial charge on any atom is 0.431 e. The predicted molar refractivity (Wildman–Crippen MR) is 69.3 cm³/mol. The lowest BCUT2D eigenvalue weighted by Gasteiger charge is -2.02. The van der Waals surface area contributed by atoms with Crippen LogP contribution in [0.4, 0.5) is 19.0 Å². The second kappa shape index (κ2) is 6.95. The molecule has 2 N–H and O–H groups in total. The van der Waals surface area contributed by atoms with Gasteiger partial charge in [0.1, 0.15) is 11.5 Å². The van der Waals surface area contributed by atoms with E-state index in [4.69, 9.17) is 11.6 Å². The van der Waals surface area contributed by atoms with Crippen molar-refractivity contribution in [2.24, 2.45) is 0 Å². The number of alkyl halides is 3. The first kappa shape index (κ1) is 16.0. The smallest absolute Gasteiger partial charge is 0.336 e. The minimum Gasteiger partial charge on any atom is -0.336 e. The van der Waals surface area contributed by atoms with Crippen LogP contribution < -0.4 is 5.32 Å². The molecular formula is C12H11ClF3N3O. The summed E-state index contributed by atoms with van der Waals surface area (Å²) in [5.74, 6) is -0.644. The summed E-state index contributed by atoms with van der Waals surface area (Å²) in [6, 6.07) is 6.43. The molecule has 0 radical (unpaired) electrons. The fourth-order valence-electron chi connectivity index (χ4n) is 1.16. The number of H-pyrrole nitrogens is 1. The Morgan fingerprint density at radius 3 is 2.20 bits per heavy atom. The number of halogens is 4. The number of nitrogens with zero attached hydrogens (tertiary/aromatic N) is 1. The number of hydrogen-bond donors (Lipinski definition) is 2. The van der Waals surface area contributed by atoms with Crippen LogP contribution >= 0.6 is 11.6 Å². The fraction of sp³-hybridized carbons (Fsp3) is 0.167. The fourth-order valence-corrected chi connectivity index (χ4v) is 1.37. The Bertz CT molecular complexity index is 528. The third-order valence-electron chi connectivity index (χ3n) is 1.94. The Morgan fingerprint density at radius 2 is 1.90 bits per heavy atom. The van der Waals surface area contributed by atoms with Crippen molar-refractivity contribution in [3.05, 3.63) is 47.4 Å². The van der Waals surface area contributed by atoms with Crippen molar-refractivity contribution in [1.29, 1.82) is 0 Å². The maximum absolute atomic E-state index is 12.1. The highest BCUT2D eigenvalue weighted by Gasteiger charge is 2.33. The zero-order chi connectivity index (χ0) is 15.2. The molecule has 0 bridgehead atoms. The topological polar surface area (TPSA) is 57.8 Å².